The number of hydrogen-bond acceptors (Lipinski definition) is 4. The molecule has 1 N–H and O–H groups in total. The number of methoxy groups -OCH3 is 1. The zero-order valence-corrected chi connectivity index (χ0v) is 16.5. The third-order valence-corrected chi connectivity index (χ3v) is 5.91. The average Bonchev–Trinajstić information content (AvgIpc) is 2.57. The van der Waals surface area contributed by atoms with E-state index in [1.165, 1.54) is 26.3 Å². The highest BCUT2D eigenvalue weighted by Crippen LogP contribution is 2.23. The number of anilines is 1. The van der Waals surface area contributed by atoms with Gasteiger partial charge in [0.15, 0.2) is 0 Å². The highest BCUT2D eigenvalue weighted by Gasteiger charge is 2.24. The Balaban J connectivity index is 2.14. The van der Waals surface area contributed by atoms with E-state index in [1.807, 2.05) is 32.0 Å². The molecule has 0 aliphatic heterocycles. The number of carbonyl (C=O) groups is 1. The fourth-order valence-corrected chi connectivity index (χ4v) is 3.75. The van der Waals surface area contributed by atoms with Crippen LogP contribution in [-0.4, -0.2) is 39.3 Å². The number of nitrogens with one attached hydrogen (secondary N) is 1. The van der Waals surface area contributed by atoms with E-state index in [2.05, 4.69) is 5.32 Å². The van der Waals surface area contributed by atoms with E-state index in [0.717, 1.165) is 15.4 Å². The molecule has 2 rings (SSSR count). The van der Waals surface area contributed by atoms with Gasteiger partial charge in [-0.15, -0.1) is 0 Å². The molecule has 0 fully saturated rings. The number of likely N-dealkylation sites (N-methyl/N-ethyl adjacent to an activating group) is 1. The molecule has 2 aromatic rings. The van der Waals surface area contributed by atoms with Gasteiger partial charge in [-0.3, -0.25) is 4.79 Å². The molecular weight excluding hydrogens is 352 g/mol. The van der Waals surface area contributed by atoms with Crippen molar-refractivity contribution in [2.45, 2.75) is 25.7 Å². The van der Waals surface area contributed by atoms with Crippen molar-refractivity contribution in [2.24, 2.45) is 0 Å². The molecule has 0 saturated heterocycles. The maximum Gasteiger partial charge on any atom is 0.243 e. The number of amides is 1. The lowest BCUT2D eigenvalue weighted by Gasteiger charge is -2.18. The number of carbonyl (C=O) groups excluding carboxylic acids is 1. The van der Waals surface area contributed by atoms with E-state index in [-0.39, 0.29) is 11.4 Å². The van der Waals surface area contributed by atoms with Gasteiger partial charge in [0.05, 0.1) is 18.6 Å². The van der Waals surface area contributed by atoms with Crippen LogP contribution in [0.2, 0.25) is 0 Å². The van der Waals surface area contributed by atoms with Crippen LogP contribution in [0.25, 0.3) is 0 Å². The second-order valence-corrected chi connectivity index (χ2v) is 8.30. The Hall–Kier alpha value is -2.38. The molecule has 0 spiro atoms. The summed E-state index contributed by atoms with van der Waals surface area (Å²) in [6.45, 7) is 5.30. The summed E-state index contributed by atoms with van der Waals surface area (Å²) in [6.07, 6.45) is 0. The Labute approximate surface area is 154 Å². The van der Waals surface area contributed by atoms with Crippen molar-refractivity contribution in [1.29, 1.82) is 0 Å². The van der Waals surface area contributed by atoms with Gasteiger partial charge in [-0.25, -0.2) is 8.42 Å². The molecule has 1 amide bonds. The van der Waals surface area contributed by atoms with Gasteiger partial charge >= 0.3 is 0 Å². The number of sulfonamides is 1. The van der Waals surface area contributed by atoms with Crippen molar-refractivity contribution in [3.05, 3.63) is 53.1 Å². The summed E-state index contributed by atoms with van der Waals surface area (Å²) in [5, 5.41) is 2.77. The molecule has 0 aliphatic carbocycles. The minimum Gasteiger partial charge on any atom is -0.496 e. The summed E-state index contributed by atoms with van der Waals surface area (Å²) in [7, 11) is -0.861. The first-order valence-electron chi connectivity index (χ1n) is 8.13. The van der Waals surface area contributed by atoms with Gasteiger partial charge in [-0.1, -0.05) is 12.1 Å². The van der Waals surface area contributed by atoms with Crippen LogP contribution < -0.4 is 10.1 Å². The van der Waals surface area contributed by atoms with Crippen molar-refractivity contribution < 1.29 is 17.9 Å². The molecule has 0 heterocycles. The second-order valence-electron chi connectivity index (χ2n) is 6.26. The van der Waals surface area contributed by atoms with Gasteiger partial charge in [-0.2, -0.15) is 4.31 Å². The van der Waals surface area contributed by atoms with Crippen LogP contribution in [0.15, 0.2) is 41.3 Å². The minimum absolute atomic E-state index is 0.123. The van der Waals surface area contributed by atoms with Crippen molar-refractivity contribution in [3.8, 4) is 5.75 Å². The molecule has 140 valence electrons. The van der Waals surface area contributed by atoms with Crippen molar-refractivity contribution in [2.75, 3.05) is 26.0 Å². The van der Waals surface area contributed by atoms with Gasteiger partial charge in [0, 0.05) is 12.7 Å². The second kappa shape index (κ2) is 7.88. The number of ether oxygens (including phenoxy) is 1. The largest absolute Gasteiger partial charge is 0.496 e. The Kier molecular flexibility index (Phi) is 6.05. The van der Waals surface area contributed by atoms with Gasteiger partial charge in [0.2, 0.25) is 15.9 Å². The number of rotatable bonds is 6. The van der Waals surface area contributed by atoms with Gasteiger partial charge in [0.1, 0.15) is 5.75 Å². The summed E-state index contributed by atoms with van der Waals surface area (Å²) < 4.78 is 31.6. The molecule has 0 bridgehead atoms. The Morgan fingerprint density at radius 2 is 1.77 bits per heavy atom. The number of nitrogens with zero attached hydrogens (tertiary/aromatic N) is 1. The molecule has 26 heavy (non-hydrogen) atoms. The molecule has 6 nitrogen and oxygen atoms in total. The lowest BCUT2D eigenvalue weighted by molar-refractivity contribution is -0.116. The van der Waals surface area contributed by atoms with Crippen LogP contribution in [0, 0.1) is 20.8 Å². The third kappa shape index (κ3) is 4.42. The fourth-order valence-electron chi connectivity index (χ4n) is 2.54. The lowest BCUT2D eigenvalue weighted by Crippen LogP contribution is -2.35. The molecule has 0 saturated carbocycles. The van der Waals surface area contributed by atoms with Crippen LogP contribution in [0.3, 0.4) is 0 Å². The first-order chi connectivity index (χ1) is 12.1. The Morgan fingerprint density at radius 1 is 1.08 bits per heavy atom. The molecule has 0 unspecified atom stereocenters. The van der Waals surface area contributed by atoms with Crippen LogP contribution in [0.1, 0.15) is 16.7 Å². The van der Waals surface area contributed by atoms with E-state index in [0.29, 0.717) is 17.0 Å². The molecule has 0 radical (unpaired) electrons. The van der Waals surface area contributed by atoms with Crippen molar-refractivity contribution in [1.82, 2.24) is 4.31 Å². The van der Waals surface area contributed by atoms with E-state index in [4.69, 9.17) is 4.74 Å². The van der Waals surface area contributed by atoms with Crippen LogP contribution in [0.5, 0.6) is 5.75 Å². The minimum atomic E-state index is -3.78. The summed E-state index contributed by atoms with van der Waals surface area (Å²) in [5.74, 6) is 0.217. The highest BCUT2D eigenvalue weighted by molar-refractivity contribution is 7.89. The van der Waals surface area contributed by atoms with E-state index in [1.54, 1.807) is 13.0 Å². The van der Waals surface area contributed by atoms with Crippen molar-refractivity contribution >= 4 is 21.6 Å². The highest BCUT2D eigenvalue weighted by atomic mass is 32.2. The topological polar surface area (TPSA) is 75.7 Å². The van der Waals surface area contributed by atoms with E-state index in [9.17, 15) is 13.2 Å². The van der Waals surface area contributed by atoms with Crippen LogP contribution in [0.4, 0.5) is 5.69 Å². The fraction of sp³-hybridized carbons (Fsp3) is 0.316. The number of aryl methyl sites for hydroxylation is 3. The maximum atomic E-state index is 12.7. The summed E-state index contributed by atoms with van der Waals surface area (Å²) >= 11 is 0. The van der Waals surface area contributed by atoms with Gasteiger partial charge in [-0.05, 0) is 61.7 Å². The first kappa shape index (κ1) is 19.9. The zero-order chi connectivity index (χ0) is 19.5. The predicted octanol–water partition coefficient (Wildman–Crippen LogP) is 2.88. The molecule has 7 heteroatoms. The summed E-state index contributed by atoms with van der Waals surface area (Å²) in [5.41, 5.74) is 3.32. The Morgan fingerprint density at radius 3 is 2.38 bits per heavy atom. The predicted molar refractivity (Wildman–Crippen MR) is 102 cm³/mol. The summed E-state index contributed by atoms with van der Waals surface area (Å²) in [6, 6.07) is 10.3. The average molecular weight is 376 g/mol. The molecule has 0 aromatic heterocycles. The Bertz CT molecular complexity index is 923. The van der Waals surface area contributed by atoms with Crippen LogP contribution >= 0.6 is 0 Å². The zero-order valence-electron chi connectivity index (χ0n) is 15.7. The van der Waals surface area contributed by atoms with Gasteiger partial charge < -0.3 is 10.1 Å². The molecule has 2 aromatic carbocycles. The van der Waals surface area contributed by atoms with Crippen LogP contribution in [-0.2, 0) is 14.8 Å². The van der Waals surface area contributed by atoms with E-state index < -0.39 is 15.9 Å². The first-order valence-corrected chi connectivity index (χ1v) is 9.57. The van der Waals surface area contributed by atoms with E-state index >= 15 is 0 Å². The van der Waals surface area contributed by atoms with Crippen molar-refractivity contribution in [3.63, 3.8) is 0 Å². The number of hydrogen-bond donors (Lipinski definition) is 1. The van der Waals surface area contributed by atoms with Gasteiger partial charge in [0.25, 0.3) is 0 Å². The molecular formula is C19H24N2O4S. The summed E-state index contributed by atoms with van der Waals surface area (Å²) in [4.78, 5) is 12.4. The monoisotopic (exact) mass is 376 g/mol. The molecule has 0 atom stereocenters. The maximum absolute atomic E-state index is 12.7. The lowest BCUT2D eigenvalue weighted by atomic mass is 10.1. The smallest absolute Gasteiger partial charge is 0.243 e. The third-order valence-electron chi connectivity index (χ3n) is 4.11. The quantitative estimate of drug-likeness (QED) is 0.841. The number of benzene rings is 2. The molecule has 0 aliphatic rings. The standard InChI is InChI=1S/C19H24N2O4S/c1-13-6-7-14(2)17(10-13)20-19(22)12-21(4)26(23,24)16-8-9-18(25-5)15(3)11-16/h6-11H,12H2,1-5H3,(H,20,22). The SMILES string of the molecule is COc1ccc(S(=O)(=O)N(C)CC(=O)Nc2cc(C)ccc2C)cc1C. The normalized spacial score (nSPS) is 11.5.